The molecule has 3 heteroatoms. The van der Waals surface area contributed by atoms with Crippen molar-refractivity contribution in [3.8, 4) is 0 Å². The first kappa shape index (κ1) is 15.5. The van der Waals surface area contributed by atoms with Crippen molar-refractivity contribution in [2.75, 3.05) is 13.1 Å². The van der Waals surface area contributed by atoms with Crippen LogP contribution in [0.1, 0.15) is 51.5 Å². The van der Waals surface area contributed by atoms with E-state index in [1.54, 1.807) is 0 Å². The summed E-state index contributed by atoms with van der Waals surface area (Å²) < 4.78 is 0. The molecule has 1 aromatic rings. The van der Waals surface area contributed by atoms with Gasteiger partial charge in [-0.2, -0.15) is 0 Å². The molecule has 1 heterocycles. The Balaban J connectivity index is 2.21. The van der Waals surface area contributed by atoms with Gasteiger partial charge < -0.3 is 5.73 Å². The molecule has 1 aliphatic carbocycles. The van der Waals surface area contributed by atoms with Gasteiger partial charge in [0, 0.05) is 31.0 Å². The van der Waals surface area contributed by atoms with Crippen molar-refractivity contribution in [2.45, 2.75) is 58.0 Å². The fourth-order valence-electron chi connectivity index (χ4n) is 3.99. The van der Waals surface area contributed by atoms with Crippen LogP contribution >= 0.6 is 0 Å². The standard InChI is InChI=1S/C17H29N3/c1-3-16-7-5-6-10-17(16,14-18)20(4-2)13-15-8-11-19-12-9-15/h8-9,11-12,16H,3-7,10,13-14,18H2,1-2H3. The Bertz CT molecular complexity index is 392. The Morgan fingerprint density at radius 3 is 2.65 bits per heavy atom. The van der Waals surface area contributed by atoms with Gasteiger partial charge in [0.15, 0.2) is 0 Å². The summed E-state index contributed by atoms with van der Waals surface area (Å²) in [5.41, 5.74) is 7.82. The summed E-state index contributed by atoms with van der Waals surface area (Å²) in [6.45, 7) is 7.42. The van der Waals surface area contributed by atoms with Crippen LogP contribution in [-0.4, -0.2) is 28.5 Å². The first-order valence-electron chi connectivity index (χ1n) is 8.10. The van der Waals surface area contributed by atoms with Crippen molar-refractivity contribution in [3.63, 3.8) is 0 Å². The Morgan fingerprint density at radius 2 is 2.05 bits per heavy atom. The van der Waals surface area contributed by atoms with Crippen LogP contribution < -0.4 is 5.73 Å². The summed E-state index contributed by atoms with van der Waals surface area (Å²) in [5, 5.41) is 0. The number of pyridine rings is 1. The minimum absolute atomic E-state index is 0.199. The monoisotopic (exact) mass is 275 g/mol. The predicted octanol–water partition coefficient (Wildman–Crippen LogP) is 3.20. The molecule has 1 aromatic heterocycles. The van der Waals surface area contributed by atoms with E-state index in [0.29, 0.717) is 0 Å². The van der Waals surface area contributed by atoms with Gasteiger partial charge in [0.1, 0.15) is 0 Å². The topological polar surface area (TPSA) is 42.1 Å². The van der Waals surface area contributed by atoms with E-state index in [-0.39, 0.29) is 5.54 Å². The van der Waals surface area contributed by atoms with Gasteiger partial charge in [0.05, 0.1) is 0 Å². The average Bonchev–Trinajstić information content (AvgIpc) is 2.53. The number of likely N-dealkylation sites (N-methyl/N-ethyl adjacent to an activating group) is 1. The minimum atomic E-state index is 0.199. The second-order valence-corrected chi connectivity index (χ2v) is 6.03. The summed E-state index contributed by atoms with van der Waals surface area (Å²) in [5.74, 6) is 0.739. The van der Waals surface area contributed by atoms with E-state index in [1.165, 1.54) is 37.7 Å². The van der Waals surface area contributed by atoms with Crippen LogP contribution in [0.2, 0.25) is 0 Å². The molecule has 20 heavy (non-hydrogen) atoms. The van der Waals surface area contributed by atoms with Gasteiger partial charge in [-0.1, -0.05) is 33.1 Å². The van der Waals surface area contributed by atoms with Gasteiger partial charge in [0.2, 0.25) is 0 Å². The minimum Gasteiger partial charge on any atom is -0.329 e. The van der Waals surface area contributed by atoms with Gasteiger partial charge >= 0.3 is 0 Å². The second-order valence-electron chi connectivity index (χ2n) is 6.03. The molecule has 0 bridgehead atoms. The van der Waals surface area contributed by atoms with Crippen LogP contribution in [0.4, 0.5) is 0 Å². The molecule has 1 fully saturated rings. The molecule has 0 amide bonds. The van der Waals surface area contributed by atoms with E-state index in [1.807, 2.05) is 12.4 Å². The Kier molecular flexibility index (Phi) is 5.55. The highest BCUT2D eigenvalue weighted by molar-refractivity contribution is 5.11. The smallest absolute Gasteiger partial charge is 0.0363 e. The van der Waals surface area contributed by atoms with E-state index in [9.17, 15) is 0 Å². The molecule has 0 radical (unpaired) electrons. The molecule has 1 aliphatic rings. The lowest BCUT2D eigenvalue weighted by molar-refractivity contribution is 0.00138. The number of hydrogen-bond donors (Lipinski definition) is 1. The van der Waals surface area contributed by atoms with Crippen LogP contribution in [-0.2, 0) is 6.54 Å². The fourth-order valence-corrected chi connectivity index (χ4v) is 3.99. The molecular formula is C17H29N3. The lowest BCUT2D eigenvalue weighted by Gasteiger charge is -2.51. The van der Waals surface area contributed by atoms with Crippen LogP contribution in [0.5, 0.6) is 0 Å². The molecule has 0 spiro atoms. The quantitative estimate of drug-likeness (QED) is 0.867. The van der Waals surface area contributed by atoms with Gasteiger partial charge in [-0.15, -0.1) is 0 Å². The first-order chi connectivity index (χ1) is 9.76. The molecule has 0 aromatic carbocycles. The molecule has 3 nitrogen and oxygen atoms in total. The summed E-state index contributed by atoms with van der Waals surface area (Å²) >= 11 is 0. The van der Waals surface area contributed by atoms with Crippen molar-refractivity contribution in [3.05, 3.63) is 30.1 Å². The zero-order chi connectivity index (χ0) is 14.4. The van der Waals surface area contributed by atoms with Crippen LogP contribution in [0.25, 0.3) is 0 Å². The van der Waals surface area contributed by atoms with Crippen molar-refractivity contribution >= 4 is 0 Å². The normalized spacial score (nSPS) is 26.9. The molecule has 1 saturated carbocycles. The van der Waals surface area contributed by atoms with Gasteiger partial charge in [-0.05, 0) is 43.0 Å². The van der Waals surface area contributed by atoms with E-state index >= 15 is 0 Å². The summed E-state index contributed by atoms with van der Waals surface area (Å²) in [4.78, 5) is 6.74. The largest absolute Gasteiger partial charge is 0.329 e. The second kappa shape index (κ2) is 7.19. The molecule has 2 N–H and O–H groups in total. The Hall–Kier alpha value is -0.930. The maximum Gasteiger partial charge on any atom is 0.0363 e. The van der Waals surface area contributed by atoms with Gasteiger partial charge in [-0.3, -0.25) is 9.88 Å². The number of aromatic nitrogens is 1. The maximum atomic E-state index is 6.28. The first-order valence-corrected chi connectivity index (χ1v) is 8.10. The predicted molar refractivity (Wildman–Crippen MR) is 84.4 cm³/mol. The highest BCUT2D eigenvalue weighted by Gasteiger charge is 2.42. The van der Waals surface area contributed by atoms with Crippen molar-refractivity contribution in [1.29, 1.82) is 0 Å². The average molecular weight is 275 g/mol. The molecule has 0 saturated heterocycles. The molecular weight excluding hydrogens is 246 g/mol. The lowest BCUT2D eigenvalue weighted by atomic mass is 9.70. The highest BCUT2D eigenvalue weighted by Crippen LogP contribution is 2.40. The van der Waals surface area contributed by atoms with Crippen LogP contribution in [0.3, 0.4) is 0 Å². The van der Waals surface area contributed by atoms with E-state index in [4.69, 9.17) is 5.73 Å². The molecule has 2 unspecified atom stereocenters. The number of nitrogens with zero attached hydrogens (tertiary/aromatic N) is 2. The molecule has 112 valence electrons. The van der Waals surface area contributed by atoms with Crippen molar-refractivity contribution in [2.24, 2.45) is 11.7 Å². The van der Waals surface area contributed by atoms with Crippen molar-refractivity contribution in [1.82, 2.24) is 9.88 Å². The third-order valence-corrected chi connectivity index (χ3v) is 5.15. The van der Waals surface area contributed by atoms with Gasteiger partial charge in [0.25, 0.3) is 0 Å². The van der Waals surface area contributed by atoms with E-state index < -0.39 is 0 Å². The summed E-state index contributed by atoms with van der Waals surface area (Å²) in [7, 11) is 0. The fraction of sp³-hybridized carbons (Fsp3) is 0.706. The third-order valence-electron chi connectivity index (χ3n) is 5.15. The van der Waals surface area contributed by atoms with Gasteiger partial charge in [-0.25, -0.2) is 0 Å². The van der Waals surface area contributed by atoms with E-state index in [2.05, 4.69) is 35.9 Å². The zero-order valence-electron chi connectivity index (χ0n) is 13.0. The highest BCUT2D eigenvalue weighted by atomic mass is 15.2. The number of rotatable bonds is 6. The third kappa shape index (κ3) is 3.04. The molecule has 2 rings (SSSR count). The zero-order valence-corrected chi connectivity index (χ0v) is 13.0. The van der Waals surface area contributed by atoms with Crippen molar-refractivity contribution < 1.29 is 0 Å². The lowest BCUT2D eigenvalue weighted by Crippen LogP contribution is -2.59. The maximum absolute atomic E-state index is 6.28. The van der Waals surface area contributed by atoms with Crippen LogP contribution in [0, 0.1) is 5.92 Å². The van der Waals surface area contributed by atoms with E-state index in [0.717, 1.165) is 25.6 Å². The summed E-state index contributed by atoms with van der Waals surface area (Å²) in [6, 6.07) is 4.24. The Labute approximate surface area is 123 Å². The number of nitrogens with two attached hydrogens (primary N) is 1. The Morgan fingerprint density at radius 1 is 1.30 bits per heavy atom. The molecule has 0 aliphatic heterocycles. The number of hydrogen-bond acceptors (Lipinski definition) is 3. The molecule has 2 atom stereocenters. The summed E-state index contributed by atoms with van der Waals surface area (Å²) in [6.07, 6.45) is 10.3. The van der Waals surface area contributed by atoms with Crippen LogP contribution in [0.15, 0.2) is 24.5 Å². The SMILES string of the molecule is CCC1CCCCC1(CN)N(CC)Cc1ccncc1.